The van der Waals surface area contributed by atoms with Crippen molar-refractivity contribution in [2.75, 3.05) is 0 Å². The summed E-state index contributed by atoms with van der Waals surface area (Å²) < 4.78 is 4.42. The van der Waals surface area contributed by atoms with E-state index in [0.717, 1.165) is 55.0 Å². The zero-order valence-electron chi connectivity index (χ0n) is 23.4. The molecule has 0 amide bonds. The molecular formula is C37H23N7. The molecule has 0 fully saturated rings. The maximum absolute atomic E-state index is 5.05. The van der Waals surface area contributed by atoms with Crippen molar-refractivity contribution in [1.82, 2.24) is 34.3 Å². The SMILES string of the molecule is c1ccc(-c2nc(-c3ccccc3)nc(-n3c4cnncc4c4c5c6ccccc6n(-c6ccccc6)c5ccc43)n2)cc1. The highest BCUT2D eigenvalue weighted by molar-refractivity contribution is 6.28. The van der Waals surface area contributed by atoms with E-state index in [1.165, 1.54) is 5.39 Å². The zero-order chi connectivity index (χ0) is 29.0. The largest absolute Gasteiger partial charge is 0.309 e. The lowest BCUT2D eigenvalue weighted by Gasteiger charge is -2.11. The van der Waals surface area contributed by atoms with E-state index in [0.29, 0.717) is 17.6 Å². The summed E-state index contributed by atoms with van der Waals surface area (Å²) in [5.74, 6) is 1.73. The van der Waals surface area contributed by atoms with E-state index >= 15 is 0 Å². The second-order valence-corrected chi connectivity index (χ2v) is 10.7. The van der Waals surface area contributed by atoms with Crippen molar-refractivity contribution in [1.29, 1.82) is 0 Å². The molecule has 206 valence electrons. The Morgan fingerprint density at radius 2 is 0.932 bits per heavy atom. The molecule has 9 rings (SSSR count). The number of hydrogen-bond acceptors (Lipinski definition) is 5. The molecule has 7 nitrogen and oxygen atoms in total. The third kappa shape index (κ3) is 3.66. The highest BCUT2D eigenvalue weighted by Crippen LogP contribution is 2.41. The maximum atomic E-state index is 5.05. The van der Waals surface area contributed by atoms with Crippen LogP contribution in [0.25, 0.3) is 78.0 Å². The Balaban J connectivity index is 1.41. The van der Waals surface area contributed by atoms with Crippen LogP contribution in [0, 0.1) is 0 Å². The molecule has 0 aliphatic carbocycles. The van der Waals surface area contributed by atoms with E-state index in [1.807, 2.05) is 72.9 Å². The average molecular weight is 566 g/mol. The molecule has 0 saturated carbocycles. The third-order valence-corrected chi connectivity index (χ3v) is 8.18. The van der Waals surface area contributed by atoms with Crippen LogP contribution in [0.5, 0.6) is 0 Å². The van der Waals surface area contributed by atoms with Crippen molar-refractivity contribution in [3.63, 3.8) is 0 Å². The van der Waals surface area contributed by atoms with Gasteiger partial charge in [0.25, 0.3) is 0 Å². The second-order valence-electron chi connectivity index (χ2n) is 10.7. The summed E-state index contributed by atoms with van der Waals surface area (Å²) in [6.07, 6.45) is 3.64. The Morgan fingerprint density at radius 1 is 0.386 bits per heavy atom. The Hall–Kier alpha value is -6.21. The second kappa shape index (κ2) is 9.68. The lowest BCUT2D eigenvalue weighted by molar-refractivity contribution is 0.946. The van der Waals surface area contributed by atoms with E-state index in [1.54, 1.807) is 6.20 Å². The van der Waals surface area contributed by atoms with Gasteiger partial charge in [0.2, 0.25) is 5.95 Å². The van der Waals surface area contributed by atoms with Gasteiger partial charge < -0.3 is 4.57 Å². The molecule has 0 saturated heterocycles. The number of rotatable bonds is 4. The third-order valence-electron chi connectivity index (χ3n) is 8.18. The van der Waals surface area contributed by atoms with Gasteiger partial charge in [-0.1, -0.05) is 97.1 Å². The van der Waals surface area contributed by atoms with Crippen LogP contribution in [0.4, 0.5) is 0 Å². The Kier molecular flexibility index (Phi) is 5.36. The topological polar surface area (TPSA) is 74.3 Å². The normalized spacial score (nSPS) is 11.6. The van der Waals surface area contributed by atoms with Gasteiger partial charge in [-0.05, 0) is 30.3 Å². The first-order chi connectivity index (χ1) is 21.8. The molecular weight excluding hydrogens is 542 g/mol. The van der Waals surface area contributed by atoms with Crippen LogP contribution in [0.3, 0.4) is 0 Å². The van der Waals surface area contributed by atoms with E-state index in [4.69, 9.17) is 15.0 Å². The van der Waals surface area contributed by atoms with Gasteiger partial charge >= 0.3 is 0 Å². The lowest BCUT2D eigenvalue weighted by Crippen LogP contribution is -2.06. The van der Waals surface area contributed by atoms with Gasteiger partial charge in [-0.15, -0.1) is 0 Å². The van der Waals surface area contributed by atoms with Crippen molar-refractivity contribution in [3.05, 3.63) is 140 Å². The molecule has 0 aliphatic heterocycles. The average Bonchev–Trinajstić information content (AvgIpc) is 3.62. The van der Waals surface area contributed by atoms with Gasteiger partial charge in [0.1, 0.15) is 0 Å². The quantitative estimate of drug-likeness (QED) is 0.215. The highest BCUT2D eigenvalue weighted by Gasteiger charge is 2.22. The number of fused-ring (bicyclic) bond motifs is 7. The van der Waals surface area contributed by atoms with Gasteiger partial charge in [0.05, 0.1) is 34.5 Å². The van der Waals surface area contributed by atoms with E-state index in [9.17, 15) is 0 Å². The molecule has 4 heterocycles. The van der Waals surface area contributed by atoms with Crippen LogP contribution in [-0.2, 0) is 0 Å². The molecule has 9 aromatic rings. The van der Waals surface area contributed by atoms with E-state index < -0.39 is 0 Å². The van der Waals surface area contributed by atoms with Crippen LogP contribution in [0.2, 0.25) is 0 Å². The molecule has 5 aromatic carbocycles. The fourth-order valence-electron chi connectivity index (χ4n) is 6.29. The van der Waals surface area contributed by atoms with Crippen LogP contribution in [0.15, 0.2) is 140 Å². The van der Waals surface area contributed by atoms with Gasteiger partial charge in [-0.25, -0.2) is 4.98 Å². The van der Waals surface area contributed by atoms with Gasteiger partial charge in [0, 0.05) is 38.4 Å². The van der Waals surface area contributed by atoms with Gasteiger partial charge in [0.15, 0.2) is 11.6 Å². The van der Waals surface area contributed by atoms with Crippen molar-refractivity contribution >= 4 is 43.6 Å². The molecule has 4 aromatic heterocycles. The molecule has 0 unspecified atom stereocenters. The number of benzene rings is 5. The number of aromatic nitrogens is 7. The van der Waals surface area contributed by atoms with Gasteiger partial charge in [-0.2, -0.15) is 20.2 Å². The Morgan fingerprint density at radius 3 is 1.61 bits per heavy atom. The first-order valence-corrected chi connectivity index (χ1v) is 14.4. The predicted molar refractivity (Wildman–Crippen MR) is 175 cm³/mol. The maximum Gasteiger partial charge on any atom is 0.238 e. The molecule has 0 bridgehead atoms. The molecule has 7 heteroatoms. The Bertz CT molecular complexity index is 2420. The smallest absolute Gasteiger partial charge is 0.238 e. The lowest BCUT2D eigenvalue weighted by atomic mass is 10.1. The number of nitrogens with zero attached hydrogens (tertiary/aromatic N) is 7. The van der Waals surface area contributed by atoms with E-state index in [2.05, 4.69) is 80.0 Å². The molecule has 0 spiro atoms. The standard InChI is InChI=1S/C37H23N7/c1-4-12-24(13-5-1)35-40-36(25-14-6-2-7-15-25)42-37(41-35)44-31-21-20-30-33(34(31)28-22-38-39-23-32(28)44)27-18-10-11-19-29(27)43(30)26-16-8-3-9-17-26/h1-23H. The molecule has 0 atom stereocenters. The minimum absolute atomic E-state index is 0.525. The molecule has 0 aliphatic rings. The summed E-state index contributed by atoms with van der Waals surface area (Å²) in [5, 5.41) is 13.0. The first-order valence-electron chi connectivity index (χ1n) is 14.4. The molecule has 0 radical (unpaired) electrons. The summed E-state index contributed by atoms with van der Waals surface area (Å²) in [7, 11) is 0. The minimum atomic E-state index is 0.525. The van der Waals surface area contributed by atoms with Crippen LogP contribution < -0.4 is 0 Å². The van der Waals surface area contributed by atoms with Crippen LogP contribution in [-0.4, -0.2) is 34.3 Å². The van der Waals surface area contributed by atoms with E-state index in [-0.39, 0.29) is 0 Å². The fourth-order valence-corrected chi connectivity index (χ4v) is 6.29. The van der Waals surface area contributed by atoms with Gasteiger partial charge in [-0.3, -0.25) is 4.57 Å². The van der Waals surface area contributed by atoms with Crippen molar-refractivity contribution in [2.45, 2.75) is 0 Å². The van der Waals surface area contributed by atoms with Crippen LogP contribution >= 0.6 is 0 Å². The monoisotopic (exact) mass is 565 g/mol. The predicted octanol–water partition coefficient (Wildman–Crippen LogP) is 8.19. The minimum Gasteiger partial charge on any atom is -0.309 e. The summed E-state index contributed by atoms with van der Waals surface area (Å²) in [5.41, 5.74) is 7.06. The number of hydrogen-bond donors (Lipinski definition) is 0. The summed E-state index contributed by atoms with van der Waals surface area (Å²) in [6.45, 7) is 0. The zero-order valence-corrected chi connectivity index (χ0v) is 23.4. The van der Waals surface area contributed by atoms with Crippen molar-refractivity contribution in [3.8, 4) is 34.4 Å². The number of para-hydroxylation sites is 2. The van der Waals surface area contributed by atoms with Crippen molar-refractivity contribution in [2.24, 2.45) is 0 Å². The first kappa shape index (κ1) is 24.4. The fraction of sp³-hybridized carbons (Fsp3) is 0. The van der Waals surface area contributed by atoms with Crippen molar-refractivity contribution < 1.29 is 0 Å². The Labute approximate surface area is 251 Å². The molecule has 44 heavy (non-hydrogen) atoms. The summed E-state index contributed by atoms with van der Waals surface area (Å²) >= 11 is 0. The molecule has 0 N–H and O–H groups in total. The summed E-state index contributed by atoms with van der Waals surface area (Å²) in [6, 6.07) is 43.4. The highest BCUT2D eigenvalue weighted by atomic mass is 15.2. The van der Waals surface area contributed by atoms with Crippen LogP contribution in [0.1, 0.15) is 0 Å². The summed E-state index contributed by atoms with van der Waals surface area (Å²) in [4.78, 5) is 15.0.